The van der Waals surface area contributed by atoms with Crippen LogP contribution in [0.25, 0.3) is 0 Å². The van der Waals surface area contributed by atoms with Gasteiger partial charge in [-0.1, -0.05) is 12.1 Å². The molecule has 0 aromatic heterocycles. The summed E-state index contributed by atoms with van der Waals surface area (Å²) in [5.74, 6) is -0.872. The van der Waals surface area contributed by atoms with Gasteiger partial charge in [0.05, 0.1) is 6.42 Å². The number of halogens is 3. The number of rotatable bonds is 5. The van der Waals surface area contributed by atoms with E-state index in [1.54, 1.807) is 0 Å². The predicted octanol–water partition coefficient (Wildman–Crippen LogP) is 1.62. The summed E-state index contributed by atoms with van der Waals surface area (Å²) in [7, 11) is 0. The van der Waals surface area contributed by atoms with Gasteiger partial charge in [0, 0.05) is 0 Å². The number of aliphatic hydroxyl groups excluding tert-OH is 1. The third kappa shape index (κ3) is 4.62. The SMILES string of the molecule is O=C(O)Cc1ccc(OCC(O)C(F)(F)F)cc1. The Labute approximate surface area is 101 Å². The summed E-state index contributed by atoms with van der Waals surface area (Å²) >= 11 is 0. The molecule has 2 N–H and O–H groups in total. The average molecular weight is 264 g/mol. The zero-order valence-corrected chi connectivity index (χ0v) is 9.15. The van der Waals surface area contributed by atoms with E-state index in [-0.39, 0.29) is 12.2 Å². The van der Waals surface area contributed by atoms with Crippen molar-refractivity contribution in [2.24, 2.45) is 0 Å². The normalized spacial score (nSPS) is 13.1. The quantitative estimate of drug-likeness (QED) is 0.848. The monoisotopic (exact) mass is 264 g/mol. The van der Waals surface area contributed by atoms with Gasteiger partial charge in [-0.25, -0.2) is 0 Å². The highest BCUT2D eigenvalue weighted by Crippen LogP contribution is 2.21. The molecule has 0 heterocycles. The van der Waals surface area contributed by atoms with Gasteiger partial charge in [0.25, 0.3) is 0 Å². The van der Waals surface area contributed by atoms with Crippen molar-refractivity contribution in [1.82, 2.24) is 0 Å². The largest absolute Gasteiger partial charge is 0.491 e. The van der Waals surface area contributed by atoms with Gasteiger partial charge < -0.3 is 14.9 Å². The fourth-order valence-electron chi connectivity index (χ4n) is 1.15. The molecule has 4 nitrogen and oxygen atoms in total. The molecule has 1 unspecified atom stereocenters. The summed E-state index contributed by atoms with van der Waals surface area (Å²) in [5, 5.41) is 17.2. The molecule has 1 atom stereocenters. The van der Waals surface area contributed by atoms with Crippen LogP contribution < -0.4 is 4.74 Å². The van der Waals surface area contributed by atoms with Crippen LogP contribution in [0.1, 0.15) is 5.56 Å². The van der Waals surface area contributed by atoms with E-state index in [2.05, 4.69) is 0 Å². The third-order valence-corrected chi connectivity index (χ3v) is 2.06. The van der Waals surface area contributed by atoms with Crippen LogP contribution in [0.15, 0.2) is 24.3 Å². The minimum atomic E-state index is -4.72. The Morgan fingerprint density at radius 3 is 2.28 bits per heavy atom. The molecule has 0 spiro atoms. The second kappa shape index (κ2) is 5.72. The van der Waals surface area contributed by atoms with E-state index < -0.39 is 24.9 Å². The second-order valence-corrected chi connectivity index (χ2v) is 3.58. The molecule has 1 aromatic carbocycles. The first-order valence-corrected chi connectivity index (χ1v) is 4.97. The highest BCUT2D eigenvalue weighted by Gasteiger charge is 2.38. The molecule has 0 saturated heterocycles. The first-order valence-electron chi connectivity index (χ1n) is 4.97. The fourth-order valence-corrected chi connectivity index (χ4v) is 1.15. The number of carboxylic acid groups (broad SMARTS) is 1. The van der Waals surface area contributed by atoms with E-state index in [1.807, 2.05) is 0 Å². The van der Waals surface area contributed by atoms with E-state index in [0.717, 1.165) is 0 Å². The lowest BCUT2D eigenvalue weighted by atomic mass is 10.1. The maximum Gasteiger partial charge on any atom is 0.417 e. The van der Waals surface area contributed by atoms with Gasteiger partial charge in [-0.3, -0.25) is 4.79 Å². The van der Waals surface area contributed by atoms with Gasteiger partial charge >= 0.3 is 12.1 Å². The number of aliphatic hydroxyl groups is 1. The number of carboxylic acids is 1. The molecule has 0 aliphatic rings. The van der Waals surface area contributed by atoms with Crippen LogP contribution in [0.3, 0.4) is 0 Å². The zero-order chi connectivity index (χ0) is 13.8. The van der Waals surface area contributed by atoms with Crippen LogP contribution in [0.5, 0.6) is 5.75 Å². The van der Waals surface area contributed by atoms with Crippen LogP contribution in [-0.2, 0) is 11.2 Å². The number of hydrogen-bond donors (Lipinski definition) is 2. The van der Waals surface area contributed by atoms with E-state index in [4.69, 9.17) is 14.9 Å². The molecule has 7 heteroatoms. The van der Waals surface area contributed by atoms with Crippen molar-refractivity contribution < 1.29 is 32.9 Å². The summed E-state index contributed by atoms with van der Waals surface area (Å²) < 4.78 is 40.6. The minimum absolute atomic E-state index is 0.132. The van der Waals surface area contributed by atoms with Crippen LogP contribution in [0.2, 0.25) is 0 Å². The van der Waals surface area contributed by atoms with Crippen LogP contribution >= 0.6 is 0 Å². The molecule has 0 saturated carbocycles. The first kappa shape index (κ1) is 14.3. The Morgan fingerprint density at radius 2 is 1.83 bits per heavy atom. The average Bonchev–Trinajstić information content (AvgIpc) is 2.25. The lowest BCUT2D eigenvalue weighted by Crippen LogP contribution is -2.34. The molecule has 0 aliphatic carbocycles. The Kier molecular flexibility index (Phi) is 4.55. The van der Waals surface area contributed by atoms with Gasteiger partial charge in [0.1, 0.15) is 12.4 Å². The van der Waals surface area contributed by atoms with Crippen molar-refractivity contribution in [2.75, 3.05) is 6.61 Å². The second-order valence-electron chi connectivity index (χ2n) is 3.58. The molecule has 0 aliphatic heterocycles. The number of benzene rings is 1. The highest BCUT2D eigenvalue weighted by molar-refractivity contribution is 5.70. The lowest BCUT2D eigenvalue weighted by molar-refractivity contribution is -0.210. The van der Waals surface area contributed by atoms with Gasteiger partial charge in [-0.15, -0.1) is 0 Å². The summed E-state index contributed by atoms with van der Waals surface area (Å²) in [5.41, 5.74) is 0.506. The van der Waals surface area contributed by atoms with E-state index in [9.17, 15) is 18.0 Å². The summed E-state index contributed by atoms with van der Waals surface area (Å²) in [4.78, 5) is 10.4. The summed E-state index contributed by atoms with van der Waals surface area (Å²) in [6.45, 7) is -0.901. The number of carbonyl (C=O) groups is 1. The molecule has 0 radical (unpaired) electrons. The van der Waals surface area contributed by atoms with E-state index in [1.165, 1.54) is 24.3 Å². The number of aliphatic carboxylic acids is 1. The van der Waals surface area contributed by atoms with Crippen LogP contribution in [-0.4, -0.2) is 35.1 Å². The molecule has 0 bridgehead atoms. The Bertz CT molecular complexity index is 400. The smallest absolute Gasteiger partial charge is 0.417 e. The molecule has 0 amide bonds. The molecule has 0 fully saturated rings. The lowest BCUT2D eigenvalue weighted by Gasteiger charge is -2.15. The molecule has 100 valence electrons. The fraction of sp³-hybridized carbons (Fsp3) is 0.364. The van der Waals surface area contributed by atoms with Crippen LogP contribution in [0.4, 0.5) is 13.2 Å². The Hall–Kier alpha value is -1.76. The van der Waals surface area contributed by atoms with Gasteiger partial charge in [0.2, 0.25) is 0 Å². The maximum absolute atomic E-state index is 12.0. The number of hydrogen-bond acceptors (Lipinski definition) is 3. The van der Waals surface area contributed by atoms with Crippen molar-refractivity contribution in [3.63, 3.8) is 0 Å². The number of alkyl halides is 3. The Balaban J connectivity index is 2.51. The van der Waals surface area contributed by atoms with Crippen molar-refractivity contribution in [1.29, 1.82) is 0 Å². The first-order chi connectivity index (χ1) is 8.29. The van der Waals surface area contributed by atoms with Crippen molar-refractivity contribution in [3.8, 4) is 5.75 Å². The summed E-state index contributed by atoms with van der Waals surface area (Å²) in [6, 6.07) is 5.57. The van der Waals surface area contributed by atoms with Crippen molar-refractivity contribution in [2.45, 2.75) is 18.7 Å². The standard InChI is InChI=1S/C11H11F3O4/c12-11(13,14)9(15)6-18-8-3-1-7(2-4-8)5-10(16)17/h1-4,9,15H,5-6H2,(H,16,17). The minimum Gasteiger partial charge on any atom is -0.491 e. The maximum atomic E-state index is 12.0. The molecular weight excluding hydrogens is 253 g/mol. The van der Waals surface area contributed by atoms with Crippen molar-refractivity contribution >= 4 is 5.97 Å². The van der Waals surface area contributed by atoms with Gasteiger partial charge in [-0.05, 0) is 17.7 Å². The summed E-state index contributed by atoms with van der Waals surface area (Å²) in [6.07, 6.45) is -7.44. The van der Waals surface area contributed by atoms with Crippen LogP contribution in [0, 0.1) is 0 Å². The number of ether oxygens (including phenoxy) is 1. The van der Waals surface area contributed by atoms with Gasteiger partial charge in [-0.2, -0.15) is 13.2 Å². The molecular formula is C11H11F3O4. The van der Waals surface area contributed by atoms with Gasteiger partial charge in [0.15, 0.2) is 6.10 Å². The molecule has 1 aromatic rings. The van der Waals surface area contributed by atoms with E-state index in [0.29, 0.717) is 5.56 Å². The predicted molar refractivity (Wildman–Crippen MR) is 55.3 cm³/mol. The van der Waals surface area contributed by atoms with Crippen molar-refractivity contribution in [3.05, 3.63) is 29.8 Å². The van der Waals surface area contributed by atoms with E-state index >= 15 is 0 Å². The highest BCUT2D eigenvalue weighted by atomic mass is 19.4. The topological polar surface area (TPSA) is 66.8 Å². The Morgan fingerprint density at radius 1 is 1.28 bits per heavy atom. The molecule has 1 rings (SSSR count). The zero-order valence-electron chi connectivity index (χ0n) is 9.15. The third-order valence-electron chi connectivity index (χ3n) is 2.06. The molecule has 18 heavy (non-hydrogen) atoms.